The molecule has 5 aromatic rings. The van der Waals surface area contributed by atoms with Crippen molar-refractivity contribution in [3.63, 3.8) is 0 Å². The second-order valence-corrected chi connectivity index (χ2v) is 10.7. The maximum Gasteiger partial charge on any atom is 0.335 e. The summed E-state index contributed by atoms with van der Waals surface area (Å²) in [6, 6.07) is 10.9. The summed E-state index contributed by atoms with van der Waals surface area (Å²) in [4.78, 5) is 16.1. The average molecular weight is 600 g/mol. The third-order valence-corrected chi connectivity index (χ3v) is 7.79. The summed E-state index contributed by atoms with van der Waals surface area (Å²) < 4.78 is 62.2. The Balaban J connectivity index is 1.29. The van der Waals surface area contributed by atoms with Crippen molar-refractivity contribution in [2.75, 3.05) is 6.61 Å². The van der Waals surface area contributed by atoms with Gasteiger partial charge in [-0.3, -0.25) is 0 Å². The molecule has 0 bridgehead atoms. The predicted molar refractivity (Wildman–Crippen MR) is 147 cm³/mol. The molecule has 6 rings (SSSR count). The second kappa shape index (κ2) is 11.2. The number of benzene rings is 3. The van der Waals surface area contributed by atoms with Gasteiger partial charge in [0.1, 0.15) is 29.9 Å². The van der Waals surface area contributed by atoms with E-state index in [-0.39, 0.29) is 57.9 Å². The number of imidazole rings is 1. The monoisotopic (exact) mass is 599 g/mol. The minimum absolute atomic E-state index is 0.0338. The van der Waals surface area contributed by atoms with Crippen LogP contribution in [0.5, 0.6) is 5.88 Å². The summed E-state index contributed by atoms with van der Waals surface area (Å²) in [5.41, 5.74) is 1.73. The fourth-order valence-electron chi connectivity index (χ4n) is 4.67. The van der Waals surface area contributed by atoms with Crippen molar-refractivity contribution < 1.29 is 32.5 Å². The fraction of sp³-hybridized carbons (Fsp3) is 0.207. The van der Waals surface area contributed by atoms with Gasteiger partial charge >= 0.3 is 5.97 Å². The Hall–Kier alpha value is -3.93. The van der Waals surface area contributed by atoms with Crippen molar-refractivity contribution in [3.05, 3.63) is 98.9 Å². The zero-order valence-corrected chi connectivity index (χ0v) is 22.8. The van der Waals surface area contributed by atoms with Crippen LogP contribution in [0, 0.1) is 17.5 Å². The number of ether oxygens (including phenoxy) is 2. The molecule has 1 saturated heterocycles. The van der Waals surface area contributed by atoms with Gasteiger partial charge in [-0.05, 0) is 66.0 Å². The molecule has 2 aromatic heterocycles. The molecule has 3 heterocycles. The Morgan fingerprint density at radius 1 is 1.07 bits per heavy atom. The molecule has 7 nitrogen and oxygen atoms in total. The molecule has 210 valence electrons. The van der Waals surface area contributed by atoms with Crippen LogP contribution in [-0.2, 0) is 24.3 Å². The molecule has 0 saturated carbocycles. The quantitative estimate of drug-likeness (QED) is 0.199. The molecule has 3 aromatic carbocycles. The number of fused-ring (bicyclic) bond motifs is 1. The number of carboxylic acids is 1. The summed E-state index contributed by atoms with van der Waals surface area (Å²) in [6.45, 7) is 0.866. The first kappa shape index (κ1) is 27.3. The van der Waals surface area contributed by atoms with Gasteiger partial charge in [-0.25, -0.2) is 22.9 Å². The summed E-state index contributed by atoms with van der Waals surface area (Å²) in [7, 11) is 0. The van der Waals surface area contributed by atoms with Crippen LogP contribution in [0.25, 0.3) is 22.2 Å². The first-order valence-corrected chi connectivity index (χ1v) is 13.8. The number of carbonyl (C=O) groups is 1. The number of aromatic carboxylic acids is 1. The molecule has 0 spiro atoms. The highest BCUT2D eigenvalue weighted by Gasteiger charge is 2.24. The Kier molecular flexibility index (Phi) is 7.41. The van der Waals surface area contributed by atoms with Crippen LogP contribution in [0.4, 0.5) is 13.2 Å². The molecular formula is C29H21ClF3N3O4S. The van der Waals surface area contributed by atoms with E-state index < -0.39 is 23.4 Å². The van der Waals surface area contributed by atoms with Gasteiger partial charge in [-0.2, -0.15) is 4.37 Å². The van der Waals surface area contributed by atoms with Crippen molar-refractivity contribution in [2.45, 2.75) is 32.1 Å². The Morgan fingerprint density at radius 2 is 1.88 bits per heavy atom. The van der Waals surface area contributed by atoms with Crippen LogP contribution < -0.4 is 4.74 Å². The summed E-state index contributed by atoms with van der Waals surface area (Å²) >= 11 is 6.79. The summed E-state index contributed by atoms with van der Waals surface area (Å²) in [5, 5.41) is 11.2. The van der Waals surface area contributed by atoms with Crippen LogP contribution in [0.1, 0.15) is 33.7 Å². The predicted octanol–water partition coefficient (Wildman–Crippen LogP) is 6.89. The van der Waals surface area contributed by atoms with Crippen molar-refractivity contribution in [3.8, 4) is 17.0 Å². The molecule has 1 fully saturated rings. The van der Waals surface area contributed by atoms with E-state index in [9.17, 15) is 14.3 Å². The lowest BCUT2D eigenvalue weighted by atomic mass is 10.0. The molecule has 1 aliphatic heterocycles. The second-order valence-electron chi connectivity index (χ2n) is 9.59. The molecule has 1 atom stereocenters. The van der Waals surface area contributed by atoms with Crippen LogP contribution in [-0.4, -0.2) is 37.7 Å². The standard InChI is InChI=1S/C29H21ClF3N3O4S/c30-18-3-1-16(22(31)10-18)13-40-28-21(14-41-35-28)20-11-23(32)17(7-24(20)33)9-27-34-25-4-2-15(29(37)38)8-26(25)36(27)12-19-5-6-39-19/h1-4,7-8,10-11,14,19H,5-6,9,12-13H2,(H,37,38). The van der Waals surface area contributed by atoms with E-state index in [1.54, 1.807) is 6.07 Å². The Bertz CT molecular complexity index is 1790. The third-order valence-electron chi connectivity index (χ3n) is 6.94. The van der Waals surface area contributed by atoms with E-state index in [4.69, 9.17) is 21.1 Å². The van der Waals surface area contributed by atoms with Gasteiger partial charge in [-0.15, -0.1) is 0 Å². The minimum atomic E-state index is -1.07. The highest BCUT2D eigenvalue weighted by Crippen LogP contribution is 2.35. The maximum atomic E-state index is 15.5. The summed E-state index contributed by atoms with van der Waals surface area (Å²) in [5.74, 6) is -2.48. The van der Waals surface area contributed by atoms with Crippen molar-refractivity contribution in [1.29, 1.82) is 0 Å². The van der Waals surface area contributed by atoms with Gasteiger partial charge < -0.3 is 19.1 Å². The maximum absolute atomic E-state index is 15.5. The zero-order chi connectivity index (χ0) is 28.7. The van der Waals surface area contributed by atoms with E-state index in [2.05, 4.69) is 9.36 Å². The zero-order valence-electron chi connectivity index (χ0n) is 21.2. The molecule has 1 N–H and O–H groups in total. The van der Waals surface area contributed by atoms with E-state index in [1.165, 1.54) is 29.6 Å². The minimum Gasteiger partial charge on any atom is -0.478 e. The first-order valence-electron chi connectivity index (χ1n) is 12.6. The van der Waals surface area contributed by atoms with Crippen molar-refractivity contribution >= 4 is 40.1 Å². The smallest absolute Gasteiger partial charge is 0.335 e. The molecular weight excluding hydrogens is 579 g/mol. The van der Waals surface area contributed by atoms with Gasteiger partial charge in [0.15, 0.2) is 0 Å². The molecule has 0 radical (unpaired) electrons. The molecule has 1 aliphatic rings. The number of halogens is 4. The lowest BCUT2D eigenvalue weighted by Crippen LogP contribution is -2.31. The highest BCUT2D eigenvalue weighted by molar-refractivity contribution is 7.04. The number of carboxylic acid groups (broad SMARTS) is 1. The van der Waals surface area contributed by atoms with E-state index in [0.29, 0.717) is 30.0 Å². The Morgan fingerprint density at radius 3 is 2.61 bits per heavy atom. The molecule has 0 aliphatic carbocycles. The van der Waals surface area contributed by atoms with Crippen molar-refractivity contribution in [1.82, 2.24) is 13.9 Å². The lowest BCUT2D eigenvalue weighted by Gasteiger charge is -2.27. The van der Waals surface area contributed by atoms with E-state index in [0.717, 1.165) is 36.2 Å². The van der Waals surface area contributed by atoms with Crippen molar-refractivity contribution in [2.24, 2.45) is 0 Å². The number of hydrogen-bond acceptors (Lipinski definition) is 6. The average Bonchev–Trinajstić information content (AvgIpc) is 3.51. The van der Waals surface area contributed by atoms with E-state index >= 15 is 8.78 Å². The van der Waals surface area contributed by atoms with Gasteiger partial charge in [-0.1, -0.05) is 17.7 Å². The number of hydrogen-bond donors (Lipinski definition) is 1. The van der Waals surface area contributed by atoms with E-state index in [1.807, 2.05) is 4.57 Å². The van der Waals surface area contributed by atoms with Crippen LogP contribution in [0.3, 0.4) is 0 Å². The van der Waals surface area contributed by atoms with Crippen LogP contribution >= 0.6 is 23.1 Å². The largest absolute Gasteiger partial charge is 0.478 e. The topological polar surface area (TPSA) is 86.5 Å². The SMILES string of the molecule is O=C(O)c1ccc2nc(Cc3cc(F)c(-c4csnc4OCc4ccc(Cl)cc4F)cc3F)n(CC3CCO3)c2c1. The van der Waals surface area contributed by atoms with Gasteiger partial charge in [0.05, 0.1) is 34.8 Å². The van der Waals surface area contributed by atoms with Gasteiger partial charge in [0.25, 0.3) is 0 Å². The van der Waals surface area contributed by atoms with Crippen LogP contribution in [0.2, 0.25) is 5.02 Å². The number of nitrogens with zero attached hydrogens (tertiary/aromatic N) is 3. The summed E-state index contributed by atoms with van der Waals surface area (Å²) in [6.07, 6.45) is 0.724. The first-order chi connectivity index (χ1) is 19.8. The van der Waals surface area contributed by atoms with Crippen LogP contribution in [0.15, 0.2) is 53.9 Å². The molecule has 0 amide bonds. The fourth-order valence-corrected chi connectivity index (χ4v) is 5.46. The molecule has 12 heteroatoms. The molecule has 1 unspecified atom stereocenters. The number of aromatic nitrogens is 3. The third kappa shape index (κ3) is 5.52. The Labute approximate surface area is 240 Å². The highest BCUT2D eigenvalue weighted by atomic mass is 35.5. The lowest BCUT2D eigenvalue weighted by molar-refractivity contribution is -0.0589. The normalized spacial score (nSPS) is 14.8. The van der Waals surface area contributed by atoms with Gasteiger partial charge in [0.2, 0.25) is 5.88 Å². The number of rotatable bonds is 9. The molecule has 41 heavy (non-hydrogen) atoms. The van der Waals surface area contributed by atoms with Gasteiger partial charge in [0, 0.05) is 34.6 Å².